The molecule has 1 N–H and O–H groups in total. The van der Waals surface area contributed by atoms with E-state index in [9.17, 15) is 14.4 Å². The van der Waals surface area contributed by atoms with Gasteiger partial charge in [0.05, 0.1) is 23.0 Å². The van der Waals surface area contributed by atoms with E-state index in [4.69, 9.17) is 9.57 Å². The van der Waals surface area contributed by atoms with Crippen molar-refractivity contribution < 1.29 is 24.0 Å². The highest BCUT2D eigenvalue weighted by molar-refractivity contribution is 6.21. The third-order valence-corrected chi connectivity index (χ3v) is 4.45. The zero-order chi connectivity index (χ0) is 17.4. The number of carbonyl (C=O) groups is 3. The molecule has 1 saturated heterocycles. The topological polar surface area (TPSA) is 102 Å². The predicted molar refractivity (Wildman–Crippen MR) is 83.7 cm³/mol. The van der Waals surface area contributed by atoms with Crippen LogP contribution < -0.4 is 0 Å². The number of nitrogens with zero attached hydrogens (tertiary/aromatic N) is 2. The fourth-order valence-corrected chi connectivity index (χ4v) is 3.14. The summed E-state index contributed by atoms with van der Waals surface area (Å²) in [7, 11) is 0. The molecule has 25 heavy (non-hydrogen) atoms. The molecule has 0 atom stereocenters. The lowest BCUT2D eigenvalue weighted by atomic mass is 9.94. The lowest BCUT2D eigenvalue weighted by Crippen LogP contribution is -2.33. The fraction of sp³-hybridized carbons (Fsp3) is 0.294. The van der Waals surface area contributed by atoms with Gasteiger partial charge in [0, 0.05) is 19.1 Å². The van der Waals surface area contributed by atoms with Gasteiger partial charge in [0.2, 0.25) is 0 Å². The van der Waals surface area contributed by atoms with Gasteiger partial charge in [0.1, 0.15) is 5.56 Å². The number of benzene rings is 1. The normalized spacial score (nSPS) is 17.7. The van der Waals surface area contributed by atoms with E-state index in [1.54, 1.807) is 12.1 Å². The van der Waals surface area contributed by atoms with E-state index >= 15 is 0 Å². The number of carbonyl (C=O) groups excluding carboxylic acids is 3. The molecule has 8 heteroatoms. The molecule has 0 radical (unpaired) electrons. The number of hydrogen-bond acceptors (Lipinski definition) is 6. The Kier molecular flexibility index (Phi) is 3.81. The first-order chi connectivity index (χ1) is 12.2. The quantitative estimate of drug-likeness (QED) is 0.852. The summed E-state index contributed by atoms with van der Waals surface area (Å²) in [5.74, 6) is -1.99. The number of imide groups is 1. The molecule has 4 rings (SSSR count). The lowest BCUT2D eigenvalue weighted by molar-refractivity contribution is -0.0586. The first kappa shape index (κ1) is 15.5. The minimum atomic E-state index is -0.787. The molecule has 128 valence electrons. The van der Waals surface area contributed by atoms with E-state index in [1.165, 1.54) is 18.3 Å². The summed E-state index contributed by atoms with van der Waals surface area (Å²) in [5.41, 5.74) is 1.31. The molecule has 0 unspecified atom stereocenters. The van der Waals surface area contributed by atoms with Gasteiger partial charge in [-0.1, -0.05) is 17.2 Å². The van der Waals surface area contributed by atoms with E-state index in [2.05, 4.69) is 10.2 Å². The monoisotopic (exact) mass is 341 g/mol. The van der Waals surface area contributed by atoms with Crippen LogP contribution in [0, 0.1) is 0 Å². The summed E-state index contributed by atoms with van der Waals surface area (Å²) in [6, 6.07) is 6.34. The van der Waals surface area contributed by atoms with Crippen LogP contribution in [0.4, 0.5) is 0 Å². The second kappa shape index (κ2) is 6.14. The Labute approximate surface area is 142 Å². The minimum Gasteiger partial charge on any atom is -0.381 e. The molecule has 2 aliphatic heterocycles. The van der Waals surface area contributed by atoms with Crippen LogP contribution in [-0.4, -0.2) is 46.3 Å². The van der Waals surface area contributed by atoms with E-state index in [0.29, 0.717) is 24.0 Å². The van der Waals surface area contributed by atoms with E-state index in [0.717, 1.165) is 12.8 Å². The van der Waals surface area contributed by atoms with Crippen LogP contribution in [0.1, 0.15) is 55.5 Å². The van der Waals surface area contributed by atoms with Gasteiger partial charge in [-0.25, -0.2) is 4.79 Å². The summed E-state index contributed by atoms with van der Waals surface area (Å²) < 4.78 is 5.32. The SMILES string of the molecule is O=C(ON1C(=O)c2ccccc2C1=O)c1cn[nH]c1C1CCOCC1. The third-order valence-electron chi connectivity index (χ3n) is 4.45. The predicted octanol–water partition coefficient (Wildman–Crippen LogP) is 1.67. The van der Waals surface area contributed by atoms with Crippen molar-refractivity contribution >= 4 is 17.8 Å². The molecule has 0 saturated carbocycles. The van der Waals surface area contributed by atoms with Gasteiger partial charge in [-0.15, -0.1) is 0 Å². The van der Waals surface area contributed by atoms with Crippen molar-refractivity contribution in [3.8, 4) is 0 Å². The Hall–Kier alpha value is -3.00. The maximum absolute atomic E-state index is 12.5. The maximum atomic E-state index is 12.5. The maximum Gasteiger partial charge on any atom is 0.367 e. The van der Waals surface area contributed by atoms with Crippen LogP contribution in [-0.2, 0) is 9.57 Å². The summed E-state index contributed by atoms with van der Waals surface area (Å²) in [5, 5.41) is 7.25. The molecule has 3 heterocycles. The van der Waals surface area contributed by atoms with Gasteiger partial charge in [0.15, 0.2) is 0 Å². The molecular formula is C17H15N3O5. The number of amides is 2. The summed E-state index contributed by atoms with van der Waals surface area (Å²) in [6.45, 7) is 1.22. The van der Waals surface area contributed by atoms with E-state index in [1.807, 2.05) is 0 Å². The van der Waals surface area contributed by atoms with Crippen molar-refractivity contribution in [2.45, 2.75) is 18.8 Å². The average Bonchev–Trinajstić information content (AvgIpc) is 3.23. The molecule has 1 aromatic carbocycles. The van der Waals surface area contributed by atoms with E-state index < -0.39 is 17.8 Å². The third kappa shape index (κ3) is 2.60. The van der Waals surface area contributed by atoms with Crippen molar-refractivity contribution in [3.63, 3.8) is 0 Å². The zero-order valence-corrected chi connectivity index (χ0v) is 13.2. The Morgan fingerprint density at radius 3 is 2.44 bits per heavy atom. The van der Waals surface area contributed by atoms with Crippen molar-refractivity contribution in [2.75, 3.05) is 13.2 Å². The summed E-state index contributed by atoms with van der Waals surface area (Å²) >= 11 is 0. The van der Waals surface area contributed by atoms with Crippen LogP contribution in [0.15, 0.2) is 30.5 Å². The van der Waals surface area contributed by atoms with Crippen LogP contribution in [0.5, 0.6) is 0 Å². The van der Waals surface area contributed by atoms with Gasteiger partial charge in [0.25, 0.3) is 11.8 Å². The number of hydrogen-bond donors (Lipinski definition) is 1. The highest BCUT2D eigenvalue weighted by Gasteiger charge is 2.39. The van der Waals surface area contributed by atoms with Crippen LogP contribution >= 0.6 is 0 Å². The molecular weight excluding hydrogens is 326 g/mol. The number of aromatic amines is 1. The Morgan fingerprint density at radius 2 is 1.80 bits per heavy atom. The van der Waals surface area contributed by atoms with Gasteiger partial charge in [-0.3, -0.25) is 14.7 Å². The summed E-state index contributed by atoms with van der Waals surface area (Å²) in [4.78, 5) is 42.2. The molecule has 2 amide bonds. The first-order valence-electron chi connectivity index (χ1n) is 7.98. The van der Waals surface area contributed by atoms with Crippen LogP contribution in [0.2, 0.25) is 0 Å². The second-order valence-corrected chi connectivity index (χ2v) is 5.91. The van der Waals surface area contributed by atoms with Crippen LogP contribution in [0.25, 0.3) is 0 Å². The van der Waals surface area contributed by atoms with Gasteiger partial charge < -0.3 is 9.57 Å². The molecule has 0 bridgehead atoms. The molecule has 2 aliphatic rings. The second-order valence-electron chi connectivity index (χ2n) is 5.91. The number of aromatic nitrogens is 2. The Morgan fingerprint density at radius 1 is 1.16 bits per heavy atom. The van der Waals surface area contributed by atoms with Crippen molar-refractivity contribution in [3.05, 3.63) is 52.8 Å². The number of fused-ring (bicyclic) bond motifs is 1. The number of ether oxygens (including phenoxy) is 1. The van der Waals surface area contributed by atoms with Crippen molar-refractivity contribution in [1.82, 2.24) is 15.3 Å². The van der Waals surface area contributed by atoms with E-state index in [-0.39, 0.29) is 22.6 Å². The molecule has 8 nitrogen and oxygen atoms in total. The molecule has 0 spiro atoms. The standard InChI is InChI=1S/C17H15N3O5/c21-15-11-3-1-2-4-12(11)16(22)20(15)25-17(23)13-9-18-19-14(13)10-5-7-24-8-6-10/h1-4,9-10H,5-8H2,(H,18,19). The summed E-state index contributed by atoms with van der Waals surface area (Å²) in [6.07, 6.45) is 2.87. The number of nitrogens with one attached hydrogen (secondary N) is 1. The molecule has 0 aliphatic carbocycles. The number of hydroxylamine groups is 2. The highest BCUT2D eigenvalue weighted by atomic mass is 16.7. The Balaban J connectivity index is 1.55. The molecule has 1 fully saturated rings. The number of rotatable bonds is 3. The van der Waals surface area contributed by atoms with Crippen molar-refractivity contribution in [1.29, 1.82) is 0 Å². The van der Waals surface area contributed by atoms with Crippen LogP contribution in [0.3, 0.4) is 0 Å². The largest absolute Gasteiger partial charge is 0.381 e. The smallest absolute Gasteiger partial charge is 0.367 e. The Bertz CT molecular complexity index is 818. The molecule has 2 aromatic rings. The highest BCUT2D eigenvalue weighted by Crippen LogP contribution is 2.29. The minimum absolute atomic E-state index is 0.0981. The molecule has 1 aromatic heterocycles. The number of H-pyrrole nitrogens is 1. The lowest BCUT2D eigenvalue weighted by Gasteiger charge is -2.21. The van der Waals surface area contributed by atoms with Crippen molar-refractivity contribution in [2.24, 2.45) is 0 Å². The average molecular weight is 341 g/mol. The fourth-order valence-electron chi connectivity index (χ4n) is 3.14. The van der Waals surface area contributed by atoms with Gasteiger partial charge >= 0.3 is 5.97 Å². The zero-order valence-electron chi connectivity index (χ0n) is 13.2. The van der Waals surface area contributed by atoms with Gasteiger partial charge in [-0.2, -0.15) is 5.10 Å². The first-order valence-corrected chi connectivity index (χ1v) is 7.98. The van der Waals surface area contributed by atoms with Gasteiger partial charge in [-0.05, 0) is 25.0 Å².